The second kappa shape index (κ2) is 8.36. The average molecular weight is 405 g/mol. The first kappa shape index (κ1) is 17.8. The minimum atomic E-state index is -0.108. The van der Waals surface area contributed by atoms with E-state index in [-0.39, 0.29) is 12.1 Å². The number of nitrogens with zero attached hydrogens (tertiary/aromatic N) is 1. The number of amides is 2. The summed E-state index contributed by atoms with van der Waals surface area (Å²) in [4.78, 5) is 14.3. The van der Waals surface area contributed by atoms with Gasteiger partial charge in [0.1, 0.15) is 11.9 Å². The van der Waals surface area contributed by atoms with Gasteiger partial charge in [0.2, 0.25) is 0 Å². The zero-order valence-electron chi connectivity index (χ0n) is 14.1. The second-order valence-corrected chi connectivity index (χ2v) is 6.75. The highest BCUT2D eigenvalue weighted by Crippen LogP contribution is 2.25. The van der Waals surface area contributed by atoms with Gasteiger partial charge in [-0.05, 0) is 23.8 Å². The van der Waals surface area contributed by atoms with Gasteiger partial charge in [0.25, 0.3) is 0 Å². The zero-order chi connectivity index (χ0) is 17.6. The largest absolute Gasteiger partial charge is 0.496 e. The highest BCUT2D eigenvalue weighted by atomic mass is 79.9. The molecule has 2 aromatic rings. The van der Waals surface area contributed by atoms with Gasteiger partial charge in [-0.15, -0.1) is 0 Å². The molecule has 0 aliphatic carbocycles. The van der Waals surface area contributed by atoms with Gasteiger partial charge < -0.3 is 19.7 Å². The Labute approximate surface area is 156 Å². The lowest BCUT2D eigenvalue weighted by molar-refractivity contribution is -0.0155. The quantitative estimate of drug-likeness (QED) is 0.843. The van der Waals surface area contributed by atoms with E-state index in [2.05, 4.69) is 21.2 Å². The Bertz CT molecular complexity index is 738. The summed E-state index contributed by atoms with van der Waals surface area (Å²) in [6.45, 7) is 2.08. The number of para-hydroxylation sites is 1. The van der Waals surface area contributed by atoms with E-state index < -0.39 is 0 Å². The lowest BCUT2D eigenvalue weighted by Crippen LogP contribution is -2.47. The fourth-order valence-electron chi connectivity index (χ4n) is 2.87. The van der Waals surface area contributed by atoms with Gasteiger partial charge in [-0.2, -0.15) is 0 Å². The molecule has 3 rings (SSSR count). The monoisotopic (exact) mass is 404 g/mol. The number of methoxy groups -OCH3 is 1. The maximum absolute atomic E-state index is 12.5. The molecular formula is C19H21BrN2O3. The summed E-state index contributed by atoms with van der Waals surface area (Å²) >= 11 is 3.48. The topological polar surface area (TPSA) is 50.8 Å². The molecule has 0 aromatic heterocycles. The smallest absolute Gasteiger partial charge is 0.317 e. The molecule has 25 heavy (non-hydrogen) atoms. The van der Waals surface area contributed by atoms with Crippen LogP contribution >= 0.6 is 15.9 Å². The molecule has 5 nitrogen and oxygen atoms in total. The van der Waals surface area contributed by atoms with Crippen LogP contribution in [0.15, 0.2) is 53.0 Å². The number of hydrogen-bond acceptors (Lipinski definition) is 3. The molecule has 0 spiro atoms. The molecular weight excluding hydrogens is 384 g/mol. The molecule has 0 saturated carbocycles. The molecule has 6 heteroatoms. The highest BCUT2D eigenvalue weighted by molar-refractivity contribution is 9.10. The summed E-state index contributed by atoms with van der Waals surface area (Å²) in [6.07, 6.45) is -0.108. The predicted octanol–water partition coefficient (Wildman–Crippen LogP) is 3.74. The van der Waals surface area contributed by atoms with Gasteiger partial charge >= 0.3 is 6.03 Å². The SMILES string of the molecule is COc1ccccc1CNC(=O)N1CCOC(c2cccc(Br)c2)C1. The van der Waals surface area contributed by atoms with Crippen molar-refractivity contribution in [1.29, 1.82) is 0 Å². The van der Waals surface area contributed by atoms with E-state index in [0.29, 0.717) is 26.2 Å². The molecule has 1 aliphatic rings. The van der Waals surface area contributed by atoms with Crippen LogP contribution in [0.2, 0.25) is 0 Å². The minimum absolute atomic E-state index is 0.0887. The maximum atomic E-state index is 12.5. The van der Waals surface area contributed by atoms with Crippen molar-refractivity contribution < 1.29 is 14.3 Å². The van der Waals surface area contributed by atoms with Gasteiger partial charge in [-0.25, -0.2) is 4.79 Å². The molecule has 1 aliphatic heterocycles. The van der Waals surface area contributed by atoms with Crippen LogP contribution in [0.1, 0.15) is 17.2 Å². The molecule has 0 bridgehead atoms. The van der Waals surface area contributed by atoms with Crippen LogP contribution in [-0.4, -0.2) is 37.7 Å². The first-order valence-corrected chi connectivity index (χ1v) is 8.98. The van der Waals surface area contributed by atoms with Crippen molar-refractivity contribution in [2.24, 2.45) is 0 Å². The van der Waals surface area contributed by atoms with Crippen molar-refractivity contribution in [1.82, 2.24) is 10.2 Å². The Hall–Kier alpha value is -2.05. The van der Waals surface area contributed by atoms with Crippen LogP contribution in [0, 0.1) is 0 Å². The summed E-state index contributed by atoms with van der Waals surface area (Å²) in [6, 6.07) is 15.6. The Morgan fingerprint density at radius 2 is 2.16 bits per heavy atom. The van der Waals surface area contributed by atoms with E-state index in [0.717, 1.165) is 21.3 Å². The highest BCUT2D eigenvalue weighted by Gasteiger charge is 2.25. The van der Waals surface area contributed by atoms with Crippen molar-refractivity contribution in [2.75, 3.05) is 26.8 Å². The minimum Gasteiger partial charge on any atom is -0.496 e. The Kier molecular flexibility index (Phi) is 5.94. The Morgan fingerprint density at radius 1 is 1.32 bits per heavy atom. The Morgan fingerprint density at radius 3 is 2.96 bits per heavy atom. The van der Waals surface area contributed by atoms with Gasteiger partial charge in [0.05, 0.1) is 20.3 Å². The van der Waals surface area contributed by atoms with E-state index >= 15 is 0 Å². The van der Waals surface area contributed by atoms with Crippen LogP contribution in [0.25, 0.3) is 0 Å². The molecule has 1 atom stereocenters. The van der Waals surface area contributed by atoms with E-state index in [4.69, 9.17) is 9.47 Å². The van der Waals surface area contributed by atoms with Gasteiger partial charge in [0, 0.05) is 23.1 Å². The number of rotatable bonds is 4. The van der Waals surface area contributed by atoms with E-state index in [9.17, 15) is 4.79 Å². The normalized spacial score (nSPS) is 17.2. The van der Waals surface area contributed by atoms with Crippen molar-refractivity contribution in [3.63, 3.8) is 0 Å². The van der Waals surface area contributed by atoms with Crippen LogP contribution in [0.5, 0.6) is 5.75 Å². The number of benzene rings is 2. The van der Waals surface area contributed by atoms with Crippen molar-refractivity contribution in [2.45, 2.75) is 12.6 Å². The van der Waals surface area contributed by atoms with E-state index in [1.165, 1.54) is 0 Å². The maximum Gasteiger partial charge on any atom is 0.317 e. The summed E-state index contributed by atoms with van der Waals surface area (Å²) in [5.74, 6) is 0.775. The van der Waals surface area contributed by atoms with Crippen LogP contribution in [0.4, 0.5) is 4.79 Å². The van der Waals surface area contributed by atoms with Gasteiger partial charge in [-0.1, -0.05) is 46.3 Å². The summed E-state index contributed by atoms with van der Waals surface area (Å²) in [5, 5.41) is 2.97. The zero-order valence-corrected chi connectivity index (χ0v) is 15.7. The first-order valence-electron chi connectivity index (χ1n) is 8.19. The summed E-state index contributed by atoms with van der Waals surface area (Å²) < 4.78 is 12.2. The number of hydrogen-bond donors (Lipinski definition) is 1. The van der Waals surface area contributed by atoms with Gasteiger partial charge in [-0.3, -0.25) is 0 Å². The predicted molar refractivity (Wildman–Crippen MR) is 99.6 cm³/mol. The molecule has 1 heterocycles. The van der Waals surface area contributed by atoms with Crippen LogP contribution in [0.3, 0.4) is 0 Å². The summed E-state index contributed by atoms with van der Waals surface area (Å²) in [5.41, 5.74) is 2.02. The number of nitrogens with one attached hydrogen (secondary N) is 1. The molecule has 0 radical (unpaired) electrons. The van der Waals surface area contributed by atoms with E-state index in [1.807, 2.05) is 48.5 Å². The van der Waals surface area contributed by atoms with E-state index in [1.54, 1.807) is 12.0 Å². The second-order valence-electron chi connectivity index (χ2n) is 5.83. The lowest BCUT2D eigenvalue weighted by atomic mass is 10.1. The number of carbonyl (C=O) groups excluding carboxylic acids is 1. The van der Waals surface area contributed by atoms with Crippen molar-refractivity contribution >= 4 is 22.0 Å². The van der Waals surface area contributed by atoms with Crippen LogP contribution < -0.4 is 10.1 Å². The number of morpholine rings is 1. The molecule has 2 aromatic carbocycles. The molecule has 1 saturated heterocycles. The number of halogens is 1. The lowest BCUT2D eigenvalue weighted by Gasteiger charge is -2.33. The fraction of sp³-hybridized carbons (Fsp3) is 0.316. The number of urea groups is 1. The first-order chi connectivity index (χ1) is 12.2. The molecule has 1 N–H and O–H groups in total. The molecule has 132 valence electrons. The van der Waals surface area contributed by atoms with Crippen molar-refractivity contribution in [3.05, 3.63) is 64.1 Å². The standard InChI is InChI=1S/C19H21BrN2O3/c1-24-17-8-3-2-5-15(17)12-21-19(23)22-9-10-25-18(13-22)14-6-4-7-16(20)11-14/h2-8,11,18H,9-10,12-13H2,1H3,(H,21,23). The van der Waals surface area contributed by atoms with Crippen LogP contribution in [-0.2, 0) is 11.3 Å². The number of ether oxygens (including phenoxy) is 2. The molecule has 2 amide bonds. The third kappa shape index (κ3) is 4.52. The average Bonchev–Trinajstić information content (AvgIpc) is 2.66. The Balaban J connectivity index is 1.60. The fourth-order valence-corrected chi connectivity index (χ4v) is 3.29. The molecule has 1 fully saturated rings. The molecule has 1 unspecified atom stereocenters. The van der Waals surface area contributed by atoms with Crippen molar-refractivity contribution in [3.8, 4) is 5.75 Å². The third-order valence-corrected chi connectivity index (χ3v) is 4.69. The third-order valence-electron chi connectivity index (χ3n) is 4.20. The summed E-state index contributed by atoms with van der Waals surface area (Å²) in [7, 11) is 1.63. The van der Waals surface area contributed by atoms with Gasteiger partial charge in [0.15, 0.2) is 0 Å². The number of carbonyl (C=O) groups is 1.